The molecule has 0 saturated heterocycles. The maximum atomic E-state index is 13.4. The highest BCUT2D eigenvalue weighted by Gasteiger charge is 2.20. The van der Waals surface area contributed by atoms with Crippen molar-refractivity contribution in [2.24, 2.45) is 0 Å². The second-order valence-electron chi connectivity index (χ2n) is 5.51. The van der Waals surface area contributed by atoms with Gasteiger partial charge in [-0.3, -0.25) is 4.90 Å². The summed E-state index contributed by atoms with van der Waals surface area (Å²) < 4.78 is 15.6. The normalized spacial score (nSPS) is 15.0. The minimum absolute atomic E-state index is 0.205. The summed E-state index contributed by atoms with van der Waals surface area (Å²) in [5, 5.41) is 2.11. The number of nitrogens with zero attached hydrogens (tertiary/aromatic N) is 3. The Hall–Kier alpha value is -1.98. The molecule has 5 heteroatoms. The summed E-state index contributed by atoms with van der Waals surface area (Å²) in [6.07, 6.45) is 1.86. The van der Waals surface area contributed by atoms with Gasteiger partial charge in [-0.05, 0) is 23.6 Å². The van der Waals surface area contributed by atoms with Gasteiger partial charge in [-0.2, -0.15) is 0 Å². The van der Waals surface area contributed by atoms with Gasteiger partial charge in [-0.1, -0.05) is 18.2 Å². The van der Waals surface area contributed by atoms with E-state index in [2.05, 4.69) is 32.0 Å². The first-order valence-corrected chi connectivity index (χ1v) is 8.22. The van der Waals surface area contributed by atoms with Crippen LogP contribution in [-0.2, 0) is 19.6 Å². The molecule has 0 spiro atoms. The minimum Gasteiger partial charge on any atom is -0.326 e. The number of halogens is 1. The van der Waals surface area contributed by atoms with Crippen molar-refractivity contribution in [3.05, 3.63) is 64.5 Å². The highest BCUT2D eigenvalue weighted by molar-refractivity contribution is 7.09. The molecular formula is C17H16FN3S. The van der Waals surface area contributed by atoms with Gasteiger partial charge in [-0.15, -0.1) is 11.3 Å². The largest absolute Gasteiger partial charge is 0.326 e. The summed E-state index contributed by atoms with van der Waals surface area (Å²) in [7, 11) is 0. The van der Waals surface area contributed by atoms with Crippen LogP contribution in [0.2, 0.25) is 0 Å². The van der Waals surface area contributed by atoms with E-state index in [1.807, 2.05) is 12.3 Å². The number of aromatic nitrogens is 2. The Bertz CT molecular complexity index is 779. The SMILES string of the molecule is Fc1cccc(-c2cnc3n2CCN(Cc2cccs2)C3)c1. The second kappa shape index (κ2) is 5.66. The number of benzene rings is 1. The topological polar surface area (TPSA) is 21.1 Å². The predicted molar refractivity (Wildman–Crippen MR) is 86.1 cm³/mol. The van der Waals surface area contributed by atoms with Crippen molar-refractivity contribution in [3.8, 4) is 11.3 Å². The molecule has 3 heterocycles. The van der Waals surface area contributed by atoms with Gasteiger partial charge in [0.1, 0.15) is 11.6 Å². The molecule has 112 valence electrons. The second-order valence-corrected chi connectivity index (χ2v) is 6.54. The Morgan fingerprint density at radius 1 is 1.18 bits per heavy atom. The lowest BCUT2D eigenvalue weighted by Gasteiger charge is -2.28. The summed E-state index contributed by atoms with van der Waals surface area (Å²) in [4.78, 5) is 8.33. The van der Waals surface area contributed by atoms with Crippen molar-refractivity contribution in [1.82, 2.24) is 14.5 Å². The van der Waals surface area contributed by atoms with Crippen LogP contribution in [0, 0.1) is 5.82 Å². The first kappa shape index (κ1) is 13.7. The van der Waals surface area contributed by atoms with Gasteiger partial charge in [0.05, 0.1) is 18.4 Å². The van der Waals surface area contributed by atoms with Gasteiger partial charge in [0.25, 0.3) is 0 Å². The van der Waals surface area contributed by atoms with E-state index in [-0.39, 0.29) is 5.82 Å². The van der Waals surface area contributed by atoms with Crippen LogP contribution in [0.4, 0.5) is 4.39 Å². The third kappa shape index (κ3) is 2.58. The fourth-order valence-corrected chi connectivity index (χ4v) is 3.69. The lowest BCUT2D eigenvalue weighted by Crippen LogP contribution is -2.33. The Balaban J connectivity index is 1.57. The predicted octanol–water partition coefficient (Wildman–Crippen LogP) is 3.77. The molecule has 0 radical (unpaired) electrons. The van der Waals surface area contributed by atoms with Crippen LogP contribution in [0.5, 0.6) is 0 Å². The zero-order valence-electron chi connectivity index (χ0n) is 12.1. The van der Waals surface area contributed by atoms with Crippen molar-refractivity contribution in [2.75, 3.05) is 6.54 Å². The molecule has 0 saturated carbocycles. The van der Waals surface area contributed by atoms with Crippen molar-refractivity contribution < 1.29 is 4.39 Å². The van der Waals surface area contributed by atoms with Crippen molar-refractivity contribution >= 4 is 11.3 Å². The Morgan fingerprint density at radius 2 is 2.14 bits per heavy atom. The number of imidazole rings is 1. The van der Waals surface area contributed by atoms with Crippen LogP contribution in [0.15, 0.2) is 48.0 Å². The lowest BCUT2D eigenvalue weighted by molar-refractivity contribution is 0.211. The van der Waals surface area contributed by atoms with Gasteiger partial charge in [0.15, 0.2) is 0 Å². The average molecular weight is 313 g/mol. The van der Waals surface area contributed by atoms with Crippen LogP contribution in [0.3, 0.4) is 0 Å². The zero-order valence-corrected chi connectivity index (χ0v) is 12.9. The zero-order chi connectivity index (χ0) is 14.9. The maximum absolute atomic E-state index is 13.4. The molecular weight excluding hydrogens is 297 g/mol. The third-order valence-electron chi connectivity index (χ3n) is 4.02. The van der Waals surface area contributed by atoms with Crippen molar-refractivity contribution in [1.29, 1.82) is 0 Å². The highest BCUT2D eigenvalue weighted by Crippen LogP contribution is 2.25. The molecule has 0 aliphatic carbocycles. The summed E-state index contributed by atoms with van der Waals surface area (Å²) in [5.41, 5.74) is 1.90. The molecule has 0 fully saturated rings. The molecule has 0 atom stereocenters. The first-order valence-electron chi connectivity index (χ1n) is 7.35. The quantitative estimate of drug-likeness (QED) is 0.734. The van der Waals surface area contributed by atoms with E-state index in [0.717, 1.165) is 43.3 Å². The standard InChI is InChI=1S/C17H16FN3S/c18-14-4-1-3-13(9-14)16-10-19-17-12-20(6-7-21(16)17)11-15-5-2-8-22-15/h1-5,8-10H,6-7,11-12H2. The smallest absolute Gasteiger partial charge is 0.123 e. The summed E-state index contributed by atoms with van der Waals surface area (Å²) in [6.45, 7) is 3.70. The van der Waals surface area contributed by atoms with Crippen LogP contribution in [0.1, 0.15) is 10.7 Å². The van der Waals surface area contributed by atoms with E-state index in [1.165, 1.54) is 10.9 Å². The fraction of sp³-hybridized carbons (Fsp3) is 0.235. The molecule has 1 aromatic carbocycles. The van der Waals surface area contributed by atoms with Gasteiger partial charge < -0.3 is 4.57 Å². The molecule has 0 amide bonds. The van der Waals surface area contributed by atoms with E-state index in [0.29, 0.717) is 0 Å². The molecule has 22 heavy (non-hydrogen) atoms. The van der Waals surface area contributed by atoms with Crippen LogP contribution in [-0.4, -0.2) is 21.0 Å². The van der Waals surface area contributed by atoms with Gasteiger partial charge in [0, 0.05) is 30.1 Å². The number of thiophene rings is 1. The number of rotatable bonds is 3. The van der Waals surface area contributed by atoms with Crippen molar-refractivity contribution in [3.63, 3.8) is 0 Å². The molecule has 2 aromatic heterocycles. The molecule has 0 N–H and O–H groups in total. The molecule has 1 aliphatic heterocycles. The van der Waals surface area contributed by atoms with Crippen LogP contribution in [0.25, 0.3) is 11.3 Å². The molecule has 1 aliphatic rings. The highest BCUT2D eigenvalue weighted by atomic mass is 32.1. The van der Waals surface area contributed by atoms with Crippen LogP contribution >= 0.6 is 11.3 Å². The van der Waals surface area contributed by atoms with Gasteiger partial charge in [-0.25, -0.2) is 9.37 Å². The molecule has 4 rings (SSSR count). The van der Waals surface area contributed by atoms with E-state index in [4.69, 9.17) is 0 Å². The monoisotopic (exact) mass is 313 g/mol. The minimum atomic E-state index is -0.205. The van der Waals surface area contributed by atoms with E-state index >= 15 is 0 Å². The maximum Gasteiger partial charge on any atom is 0.123 e. The van der Waals surface area contributed by atoms with E-state index < -0.39 is 0 Å². The summed E-state index contributed by atoms with van der Waals surface area (Å²) in [6, 6.07) is 11.0. The molecule has 0 bridgehead atoms. The van der Waals surface area contributed by atoms with Gasteiger partial charge in [0.2, 0.25) is 0 Å². The number of hydrogen-bond acceptors (Lipinski definition) is 3. The molecule has 0 unspecified atom stereocenters. The summed E-state index contributed by atoms with van der Waals surface area (Å²) in [5.74, 6) is 0.852. The number of hydrogen-bond donors (Lipinski definition) is 0. The fourth-order valence-electron chi connectivity index (χ4n) is 2.95. The van der Waals surface area contributed by atoms with Crippen LogP contribution < -0.4 is 0 Å². The Labute approximate surface area is 132 Å². The van der Waals surface area contributed by atoms with E-state index in [9.17, 15) is 4.39 Å². The van der Waals surface area contributed by atoms with Crippen molar-refractivity contribution in [2.45, 2.75) is 19.6 Å². The average Bonchev–Trinajstić information content (AvgIpc) is 3.16. The van der Waals surface area contributed by atoms with Gasteiger partial charge >= 0.3 is 0 Å². The number of fused-ring (bicyclic) bond motifs is 1. The Morgan fingerprint density at radius 3 is 2.95 bits per heavy atom. The first-order chi connectivity index (χ1) is 10.8. The molecule has 3 aromatic rings. The lowest BCUT2D eigenvalue weighted by atomic mass is 10.1. The summed E-state index contributed by atoms with van der Waals surface area (Å²) >= 11 is 1.79. The Kier molecular flexibility index (Phi) is 3.52. The molecule has 3 nitrogen and oxygen atoms in total. The third-order valence-corrected chi connectivity index (χ3v) is 4.88. The van der Waals surface area contributed by atoms with E-state index in [1.54, 1.807) is 23.5 Å².